The molecule has 0 spiro atoms. The van der Waals surface area contributed by atoms with Crippen LogP contribution in [0.3, 0.4) is 0 Å². The molecular weight excluding hydrogens is 291 g/mol. The minimum Gasteiger partial charge on any atom is -0.350 e. The van der Waals surface area contributed by atoms with E-state index in [1.807, 2.05) is 11.6 Å². The van der Waals surface area contributed by atoms with Crippen molar-refractivity contribution in [2.75, 3.05) is 6.54 Å². The Morgan fingerprint density at radius 3 is 3.00 bits per heavy atom. The lowest BCUT2D eigenvalue weighted by Gasteiger charge is -2.19. The summed E-state index contributed by atoms with van der Waals surface area (Å²) in [5.41, 5.74) is 1.49. The van der Waals surface area contributed by atoms with Crippen LogP contribution in [0.4, 0.5) is 4.39 Å². The van der Waals surface area contributed by atoms with Crippen LogP contribution >= 0.6 is 0 Å². The van der Waals surface area contributed by atoms with Crippen molar-refractivity contribution in [3.05, 3.63) is 35.8 Å². The van der Waals surface area contributed by atoms with Crippen molar-refractivity contribution >= 4 is 16.8 Å². The highest BCUT2D eigenvalue weighted by molar-refractivity contribution is 5.98. The van der Waals surface area contributed by atoms with Crippen LogP contribution in [0.1, 0.15) is 42.6 Å². The van der Waals surface area contributed by atoms with Crippen LogP contribution in [-0.4, -0.2) is 17.0 Å². The van der Waals surface area contributed by atoms with Gasteiger partial charge < -0.3 is 9.88 Å². The molecule has 0 radical (unpaired) electrons. The van der Waals surface area contributed by atoms with E-state index in [0.717, 1.165) is 29.3 Å². The minimum absolute atomic E-state index is 0.0504. The summed E-state index contributed by atoms with van der Waals surface area (Å²) in [6, 6.07) is 6.41. The van der Waals surface area contributed by atoms with Crippen molar-refractivity contribution in [1.82, 2.24) is 9.88 Å². The second kappa shape index (κ2) is 5.66. The average molecular weight is 314 g/mol. The van der Waals surface area contributed by atoms with Gasteiger partial charge in [-0.1, -0.05) is 12.8 Å². The number of aryl methyl sites for hydroxylation is 1. The van der Waals surface area contributed by atoms with Crippen LogP contribution in [-0.2, 0) is 7.05 Å². The minimum atomic E-state index is -0.270. The highest BCUT2D eigenvalue weighted by Crippen LogP contribution is 2.47. The Kier molecular flexibility index (Phi) is 3.63. The molecule has 1 heterocycles. The Hall–Kier alpha value is -1.84. The van der Waals surface area contributed by atoms with Crippen LogP contribution in [0.25, 0.3) is 10.9 Å². The number of amides is 1. The van der Waals surface area contributed by atoms with Gasteiger partial charge in [0.1, 0.15) is 11.5 Å². The lowest BCUT2D eigenvalue weighted by atomic mass is 9.92. The second-order valence-electron chi connectivity index (χ2n) is 7.19. The fourth-order valence-corrected chi connectivity index (χ4v) is 4.79. The zero-order valence-electron chi connectivity index (χ0n) is 13.5. The zero-order valence-corrected chi connectivity index (χ0v) is 13.5. The molecule has 1 aromatic carbocycles. The van der Waals surface area contributed by atoms with Gasteiger partial charge in [-0.3, -0.25) is 4.79 Å². The van der Waals surface area contributed by atoms with E-state index in [1.54, 1.807) is 12.1 Å². The second-order valence-corrected chi connectivity index (χ2v) is 7.19. The highest BCUT2D eigenvalue weighted by Gasteiger charge is 2.38. The summed E-state index contributed by atoms with van der Waals surface area (Å²) >= 11 is 0. The molecule has 4 heteroatoms. The van der Waals surface area contributed by atoms with Gasteiger partial charge in [-0.25, -0.2) is 4.39 Å². The van der Waals surface area contributed by atoms with E-state index in [9.17, 15) is 9.18 Å². The number of aromatic nitrogens is 1. The van der Waals surface area contributed by atoms with Crippen molar-refractivity contribution < 1.29 is 9.18 Å². The molecule has 2 aromatic rings. The molecule has 1 N–H and O–H groups in total. The average Bonchev–Trinajstić information content (AvgIpc) is 3.20. The summed E-state index contributed by atoms with van der Waals surface area (Å²) in [6.07, 6.45) is 6.64. The first-order chi connectivity index (χ1) is 11.1. The van der Waals surface area contributed by atoms with Crippen molar-refractivity contribution in [3.8, 4) is 0 Å². The van der Waals surface area contributed by atoms with Gasteiger partial charge in [-0.2, -0.15) is 0 Å². The molecule has 2 aliphatic carbocycles. The summed E-state index contributed by atoms with van der Waals surface area (Å²) in [6.45, 7) is 0.774. The van der Waals surface area contributed by atoms with Crippen molar-refractivity contribution in [1.29, 1.82) is 0 Å². The van der Waals surface area contributed by atoms with Gasteiger partial charge in [-0.05, 0) is 61.3 Å². The molecule has 3 atom stereocenters. The van der Waals surface area contributed by atoms with Gasteiger partial charge in [0.05, 0.1) is 0 Å². The Balaban J connectivity index is 1.48. The normalized spacial score (nSPS) is 26.6. The van der Waals surface area contributed by atoms with Gasteiger partial charge in [0.15, 0.2) is 0 Å². The van der Waals surface area contributed by atoms with Gasteiger partial charge in [0.2, 0.25) is 0 Å². The van der Waals surface area contributed by atoms with Crippen molar-refractivity contribution in [2.45, 2.75) is 32.1 Å². The highest BCUT2D eigenvalue weighted by atomic mass is 19.1. The molecule has 3 nitrogen and oxygen atoms in total. The predicted octanol–water partition coefficient (Wildman–Crippen LogP) is 3.87. The third-order valence-electron chi connectivity index (χ3n) is 5.99. The van der Waals surface area contributed by atoms with E-state index < -0.39 is 0 Å². The summed E-state index contributed by atoms with van der Waals surface area (Å²) in [7, 11) is 1.86. The summed E-state index contributed by atoms with van der Waals surface area (Å²) in [4.78, 5) is 12.5. The van der Waals surface area contributed by atoms with Crippen molar-refractivity contribution in [3.63, 3.8) is 0 Å². The molecule has 23 heavy (non-hydrogen) atoms. The molecule has 4 rings (SSSR count). The topological polar surface area (TPSA) is 34.0 Å². The monoisotopic (exact) mass is 314 g/mol. The molecule has 0 saturated heterocycles. The number of hydrogen-bond donors (Lipinski definition) is 1. The number of carbonyl (C=O) groups excluding carboxylic acids is 1. The molecule has 1 aromatic heterocycles. The number of halogens is 1. The molecule has 2 saturated carbocycles. The van der Waals surface area contributed by atoms with Gasteiger partial charge in [0, 0.05) is 24.5 Å². The number of nitrogens with one attached hydrogen (secondary N) is 1. The van der Waals surface area contributed by atoms with E-state index in [4.69, 9.17) is 0 Å². The number of fused-ring (bicyclic) bond motifs is 2. The van der Waals surface area contributed by atoms with Gasteiger partial charge in [0.25, 0.3) is 5.91 Å². The Bertz CT molecular complexity index is 751. The molecule has 1 amide bonds. The SMILES string of the molecule is Cn1c(C(=O)NC[C@H]2CC[C@@H]3CCC[C@@H]32)cc2cc(F)ccc21. The first-order valence-corrected chi connectivity index (χ1v) is 8.66. The van der Waals surface area contributed by atoms with E-state index in [1.165, 1.54) is 44.2 Å². The molecule has 0 unspecified atom stereocenters. The zero-order chi connectivity index (χ0) is 16.0. The third kappa shape index (κ3) is 2.54. The maximum absolute atomic E-state index is 13.3. The van der Waals surface area contributed by atoms with Crippen LogP contribution in [0.15, 0.2) is 24.3 Å². The number of benzene rings is 1. The van der Waals surface area contributed by atoms with Crippen LogP contribution in [0.2, 0.25) is 0 Å². The number of hydrogen-bond acceptors (Lipinski definition) is 1. The Labute approximate surface area is 135 Å². The summed E-state index contributed by atoms with van der Waals surface area (Å²) in [5.74, 6) is 2.03. The fourth-order valence-electron chi connectivity index (χ4n) is 4.79. The van der Waals surface area contributed by atoms with Crippen LogP contribution in [0.5, 0.6) is 0 Å². The lowest BCUT2D eigenvalue weighted by molar-refractivity contribution is 0.0935. The third-order valence-corrected chi connectivity index (χ3v) is 5.99. The maximum Gasteiger partial charge on any atom is 0.267 e. The molecule has 2 aliphatic rings. The molecule has 0 aliphatic heterocycles. The van der Waals surface area contributed by atoms with Crippen LogP contribution < -0.4 is 5.32 Å². The lowest BCUT2D eigenvalue weighted by Crippen LogP contribution is -2.32. The molecule has 2 fully saturated rings. The van der Waals surface area contributed by atoms with Gasteiger partial charge >= 0.3 is 0 Å². The van der Waals surface area contributed by atoms with E-state index >= 15 is 0 Å². The molecular formula is C19H23FN2O. The predicted molar refractivity (Wildman–Crippen MR) is 88.8 cm³/mol. The molecule has 122 valence electrons. The van der Waals surface area contributed by atoms with E-state index in [2.05, 4.69) is 5.32 Å². The maximum atomic E-state index is 13.3. The van der Waals surface area contributed by atoms with Crippen LogP contribution in [0, 0.1) is 23.6 Å². The number of rotatable bonds is 3. The van der Waals surface area contributed by atoms with Gasteiger partial charge in [-0.15, -0.1) is 0 Å². The fraction of sp³-hybridized carbons (Fsp3) is 0.526. The van der Waals surface area contributed by atoms with Crippen molar-refractivity contribution in [2.24, 2.45) is 24.8 Å². The van der Waals surface area contributed by atoms with E-state index in [0.29, 0.717) is 11.6 Å². The number of nitrogens with zero attached hydrogens (tertiary/aromatic N) is 1. The standard InChI is InChI=1S/C19H23FN2O/c1-22-17-8-7-15(20)9-14(17)10-18(22)19(23)21-11-13-6-5-12-3-2-4-16(12)13/h7-10,12-13,16H,2-6,11H2,1H3,(H,21,23)/t12-,13+,16-/m0/s1. The Morgan fingerprint density at radius 1 is 1.26 bits per heavy atom. The Morgan fingerprint density at radius 2 is 2.13 bits per heavy atom. The first-order valence-electron chi connectivity index (χ1n) is 8.66. The summed E-state index contributed by atoms with van der Waals surface area (Å²) in [5, 5.41) is 3.89. The van der Waals surface area contributed by atoms with E-state index in [-0.39, 0.29) is 11.7 Å². The number of carbonyl (C=O) groups is 1. The molecule has 0 bridgehead atoms. The quantitative estimate of drug-likeness (QED) is 0.917. The largest absolute Gasteiger partial charge is 0.350 e. The first kappa shape index (κ1) is 14.7. The smallest absolute Gasteiger partial charge is 0.267 e. The summed E-state index contributed by atoms with van der Waals surface area (Å²) < 4.78 is 15.2.